The molecule has 0 aromatic heterocycles. The van der Waals surface area contributed by atoms with Crippen molar-refractivity contribution in [2.75, 3.05) is 25.8 Å². The number of aliphatic imine (C=N–C) groups is 1. The summed E-state index contributed by atoms with van der Waals surface area (Å²) in [4.78, 5) is 7.06. The van der Waals surface area contributed by atoms with Crippen molar-refractivity contribution in [3.8, 4) is 23.0 Å². The first kappa shape index (κ1) is 22.7. The van der Waals surface area contributed by atoms with E-state index in [1.165, 1.54) is 0 Å². The van der Waals surface area contributed by atoms with Crippen LogP contribution in [0.15, 0.2) is 102 Å². The second-order valence-corrected chi connectivity index (χ2v) is 7.57. The third-order valence-corrected chi connectivity index (χ3v) is 5.42. The number of phenols is 2. The van der Waals surface area contributed by atoms with Gasteiger partial charge in [-0.2, -0.15) is 0 Å². The lowest BCUT2D eigenvalue weighted by atomic mass is 10.0. The number of hydrogen-bond acceptors (Lipinski definition) is 6. The summed E-state index contributed by atoms with van der Waals surface area (Å²) in [5, 5.41) is 19.5. The minimum absolute atomic E-state index is 0.187. The number of nitrogens with zero attached hydrogens (tertiary/aromatic N) is 2. The van der Waals surface area contributed by atoms with E-state index in [9.17, 15) is 10.2 Å². The number of hydrogen-bond donors (Lipinski definition) is 2. The zero-order chi connectivity index (χ0) is 23.9. The van der Waals surface area contributed by atoms with Crippen LogP contribution in [0, 0.1) is 0 Å². The van der Waals surface area contributed by atoms with Crippen molar-refractivity contribution in [2.45, 2.75) is 0 Å². The Morgan fingerprint density at radius 2 is 1.00 bits per heavy atom. The van der Waals surface area contributed by atoms with Gasteiger partial charge in [-0.05, 0) is 97.1 Å². The van der Waals surface area contributed by atoms with E-state index in [2.05, 4.69) is 4.90 Å². The standard InChI is InChI=1S/C28H26N2O4/c1-33-26-15-7-22(8-16-26)30(23-9-17-27(34-2)18-10-23)19-29-28(20-3-11-24(31)12-4-20)21-5-13-25(32)14-6-21/h3-18,31-32H,19H2,1-2H3. The molecule has 34 heavy (non-hydrogen) atoms. The second-order valence-electron chi connectivity index (χ2n) is 7.57. The summed E-state index contributed by atoms with van der Waals surface area (Å²) in [5.41, 5.74) is 4.35. The Bertz CT molecular complexity index is 1140. The van der Waals surface area contributed by atoms with Gasteiger partial charge in [0.25, 0.3) is 0 Å². The molecule has 0 amide bonds. The van der Waals surface area contributed by atoms with E-state index in [1.54, 1.807) is 38.5 Å². The molecule has 0 saturated carbocycles. The number of aromatic hydroxyl groups is 2. The first-order chi connectivity index (χ1) is 16.6. The largest absolute Gasteiger partial charge is 0.508 e. The first-order valence-corrected chi connectivity index (χ1v) is 10.8. The summed E-state index contributed by atoms with van der Waals surface area (Å²) in [7, 11) is 3.28. The summed E-state index contributed by atoms with van der Waals surface area (Å²) in [5.74, 6) is 1.92. The van der Waals surface area contributed by atoms with Crippen molar-refractivity contribution >= 4 is 17.1 Å². The molecular weight excluding hydrogens is 428 g/mol. The Morgan fingerprint density at radius 3 is 1.35 bits per heavy atom. The highest BCUT2D eigenvalue weighted by Crippen LogP contribution is 2.29. The number of methoxy groups -OCH3 is 2. The summed E-state index contributed by atoms with van der Waals surface area (Å²) in [6.45, 7) is 0.329. The number of rotatable bonds is 8. The number of ether oxygens (including phenoxy) is 2. The van der Waals surface area contributed by atoms with Gasteiger partial charge in [-0.15, -0.1) is 0 Å². The van der Waals surface area contributed by atoms with Gasteiger partial charge in [0.2, 0.25) is 0 Å². The smallest absolute Gasteiger partial charge is 0.119 e. The number of anilines is 2. The molecule has 0 aliphatic rings. The van der Waals surface area contributed by atoms with Gasteiger partial charge in [0.1, 0.15) is 29.7 Å². The zero-order valence-electron chi connectivity index (χ0n) is 19.1. The van der Waals surface area contributed by atoms with Gasteiger partial charge in [0, 0.05) is 22.5 Å². The first-order valence-electron chi connectivity index (χ1n) is 10.8. The topological polar surface area (TPSA) is 74.5 Å². The van der Waals surface area contributed by atoms with E-state index < -0.39 is 0 Å². The van der Waals surface area contributed by atoms with Gasteiger partial charge in [0.05, 0.1) is 19.9 Å². The monoisotopic (exact) mass is 454 g/mol. The molecule has 4 aromatic rings. The highest BCUT2D eigenvalue weighted by atomic mass is 16.5. The summed E-state index contributed by atoms with van der Waals surface area (Å²) < 4.78 is 10.6. The molecule has 0 atom stereocenters. The molecule has 6 nitrogen and oxygen atoms in total. The van der Waals surface area contributed by atoms with Crippen LogP contribution >= 0.6 is 0 Å². The van der Waals surface area contributed by atoms with Gasteiger partial charge >= 0.3 is 0 Å². The average molecular weight is 455 g/mol. The Kier molecular flexibility index (Phi) is 6.98. The van der Waals surface area contributed by atoms with E-state index in [4.69, 9.17) is 14.5 Å². The summed E-state index contributed by atoms with van der Waals surface area (Å²) in [6, 6.07) is 29.4. The van der Waals surface area contributed by atoms with Crippen LogP contribution in [0.2, 0.25) is 0 Å². The quantitative estimate of drug-likeness (QED) is 0.332. The van der Waals surface area contributed by atoms with Crippen molar-refractivity contribution in [3.63, 3.8) is 0 Å². The van der Waals surface area contributed by atoms with Crippen LogP contribution in [0.4, 0.5) is 11.4 Å². The molecule has 0 unspecified atom stereocenters. The van der Waals surface area contributed by atoms with Crippen LogP contribution < -0.4 is 14.4 Å². The minimum Gasteiger partial charge on any atom is -0.508 e. The van der Waals surface area contributed by atoms with E-state index in [0.29, 0.717) is 6.67 Å². The molecule has 172 valence electrons. The summed E-state index contributed by atoms with van der Waals surface area (Å²) >= 11 is 0. The lowest BCUT2D eigenvalue weighted by Gasteiger charge is -2.24. The fourth-order valence-corrected chi connectivity index (χ4v) is 3.57. The minimum atomic E-state index is 0.187. The lowest BCUT2D eigenvalue weighted by Crippen LogP contribution is -2.19. The maximum absolute atomic E-state index is 9.74. The Hall–Kier alpha value is -4.45. The molecule has 0 aliphatic carbocycles. The van der Waals surface area contributed by atoms with Crippen LogP contribution in [0.3, 0.4) is 0 Å². The van der Waals surface area contributed by atoms with Crippen molar-refractivity contribution in [2.24, 2.45) is 4.99 Å². The Balaban J connectivity index is 1.76. The van der Waals surface area contributed by atoms with E-state index in [1.807, 2.05) is 72.8 Å². The van der Waals surface area contributed by atoms with Crippen LogP contribution in [0.1, 0.15) is 11.1 Å². The zero-order valence-corrected chi connectivity index (χ0v) is 19.1. The molecule has 6 heteroatoms. The summed E-state index contributed by atoms with van der Waals surface area (Å²) in [6.07, 6.45) is 0. The molecule has 4 rings (SSSR count). The van der Waals surface area contributed by atoms with E-state index in [0.717, 1.165) is 39.7 Å². The second kappa shape index (κ2) is 10.4. The third-order valence-electron chi connectivity index (χ3n) is 5.42. The fraction of sp³-hybridized carbons (Fsp3) is 0.107. The molecule has 0 radical (unpaired) electrons. The molecule has 0 saturated heterocycles. The van der Waals surface area contributed by atoms with Crippen LogP contribution in [0.5, 0.6) is 23.0 Å². The average Bonchev–Trinajstić information content (AvgIpc) is 2.88. The molecule has 0 spiro atoms. The lowest BCUT2D eigenvalue weighted by molar-refractivity contribution is 0.415. The van der Waals surface area contributed by atoms with Crippen LogP contribution in [0.25, 0.3) is 0 Å². The van der Waals surface area contributed by atoms with Crippen LogP contribution in [-0.4, -0.2) is 36.8 Å². The highest BCUT2D eigenvalue weighted by Gasteiger charge is 2.13. The third kappa shape index (κ3) is 5.30. The van der Waals surface area contributed by atoms with Gasteiger partial charge in [-0.1, -0.05) is 0 Å². The molecule has 0 fully saturated rings. The van der Waals surface area contributed by atoms with Gasteiger partial charge in [0.15, 0.2) is 0 Å². The Morgan fingerprint density at radius 1 is 0.618 bits per heavy atom. The molecule has 0 aliphatic heterocycles. The van der Waals surface area contributed by atoms with Crippen molar-refractivity contribution in [1.82, 2.24) is 0 Å². The van der Waals surface area contributed by atoms with Gasteiger partial charge < -0.3 is 24.6 Å². The van der Waals surface area contributed by atoms with Gasteiger partial charge in [-0.3, -0.25) is 4.99 Å². The highest BCUT2D eigenvalue weighted by molar-refractivity contribution is 6.13. The van der Waals surface area contributed by atoms with Crippen molar-refractivity contribution in [1.29, 1.82) is 0 Å². The van der Waals surface area contributed by atoms with E-state index in [-0.39, 0.29) is 11.5 Å². The molecular formula is C28H26N2O4. The predicted molar refractivity (Wildman–Crippen MR) is 135 cm³/mol. The maximum Gasteiger partial charge on any atom is 0.119 e. The van der Waals surface area contributed by atoms with Crippen LogP contribution in [-0.2, 0) is 0 Å². The number of phenolic OH excluding ortho intramolecular Hbond substituents is 2. The molecule has 0 bridgehead atoms. The Labute approximate surface area is 199 Å². The van der Waals surface area contributed by atoms with Crippen molar-refractivity contribution < 1.29 is 19.7 Å². The normalized spacial score (nSPS) is 10.4. The SMILES string of the molecule is COc1ccc(N(CN=C(c2ccc(O)cc2)c2ccc(O)cc2)c2ccc(OC)cc2)cc1. The maximum atomic E-state index is 9.74. The number of benzene rings is 4. The molecule has 4 aromatic carbocycles. The molecule has 0 heterocycles. The molecule has 2 N–H and O–H groups in total. The van der Waals surface area contributed by atoms with Gasteiger partial charge in [-0.25, -0.2) is 0 Å². The fourth-order valence-electron chi connectivity index (χ4n) is 3.57. The van der Waals surface area contributed by atoms with Crippen molar-refractivity contribution in [3.05, 3.63) is 108 Å². The predicted octanol–water partition coefficient (Wildman–Crippen LogP) is 5.75. The van der Waals surface area contributed by atoms with E-state index >= 15 is 0 Å².